The molecule has 2 aliphatic heterocycles. The van der Waals surface area contributed by atoms with Crippen LogP contribution in [0.4, 0.5) is 0 Å². The normalized spacial score (nSPS) is 23.3. The molecule has 0 aromatic carbocycles. The van der Waals surface area contributed by atoms with Crippen LogP contribution < -0.4 is 0 Å². The minimum atomic E-state index is -0.663. The van der Waals surface area contributed by atoms with E-state index >= 15 is 0 Å². The number of β-amino-alcohol motifs (C(OH)–C–C–N with tert-alkyl or cyclic N) is 1. The Morgan fingerprint density at radius 2 is 1.79 bits per heavy atom. The molecule has 0 bridgehead atoms. The summed E-state index contributed by atoms with van der Waals surface area (Å²) in [5.41, 5.74) is 1.61. The summed E-state index contributed by atoms with van der Waals surface area (Å²) in [6, 6.07) is 2.37. The van der Waals surface area contributed by atoms with E-state index < -0.39 is 5.60 Å². The van der Waals surface area contributed by atoms with Crippen LogP contribution in [0.15, 0.2) is 18.6 Å². The SMILES string of the molecule is O=C(c1cnc2c(c1)ncn2C1CCCC1)N1CCC(O)(CN2CCCC2)CC1. The average Bonchev–Trinajstić information content (AvgIpc) is 3.48. The number of hydrogen-bond donors (Lipinski definition) is 1. The Kier molecular flexibility index (Phi) is 5.04. The van der Waals surface area contributed by atoms with Crippen molar-refractivity contribution in [3.05, 3.63) is 24.2 Å². The van der Waals surface area contributed by atoms with Crippen LogP contribution in [0.3, 0.4) is 0 Å². The topological polar surface area (TPSA) is 74.5 Å². The lowest BCUT2D eigenvalue weighted by Gasteiger charge is -2.40. The van der Waals surface area contributed by atoms with E-state index in [0.29, 0.717) is 37.5 Å². The third-order valence-corrected chi connectivity index (χ3v) is 7.08. The number of carbonyl (C=O) groups is 1. The molecule has 0 atom stereocenters. The second-order valence-electron chi connectivity index (χ2n) is 9.16. The maximum atomic E-state index is 13.0. The zero-order valence-electron chi connectivity index (χ0n) is 17.1. The molecule has 1 amide bonds. The van der Waals surface area contributed by atoms with Gasteiger partial charge in [0.1, 0.15) is 5.52 Å². The number of hydrogen-bond acceptors (Lipinski definition) is 5. The van der Waals surface area contributed by atoms with E-state index in [2.05, 4.69) is 19.4 Å². The minimum absolute atomic E-state index is 0.00182. The van der Waals surface area contributed by atoms with Gasteiger partial charge in [-0.25, -0.2) is 9.97 Å². The first-order valence-corrected chi connectivity index (χ1v) is 11.2. The summed E-state index contributed by atoms with van der Waals surface area (Å²) in [7, 11) is 0. The molecule has 29 heavy (non-hydrogen) atoms. The number of nitrogens with zero attached hydrogens (tertiary/aromatic N) is 5. The first kappa shape index (κ1) is 19.0. The zero-order chi connectivity index (χ0) is 19.8. The third-order valence-electron chi connectivity index (χ3n) is 7.08. The highest BCUT2D eigenvalue weighted by molar-refractivity contribution is 5.96. The fourth-order valence-corrected chi connectivity index (χ4v) is 5.31. The van der Waals surface area contributed by atoms with Crippen LogP contribution in [0.2, 0.25) is 0 Å². The van der Waals surface area contributed by atoms with E-state index in [-0.39, 0.29) is 5.91 Å². The molecular formula is C22H31N5O2. The number of aromatic nitrogens is 3. The Morgan fingerprint density at radius 3 is 2.52 bits per heavy atom. The second kappa shape index (κ2) is 7.69. The predicted octanol–water partition coefficient (Wildman–Crippen LogP) is 2.61. The van der Waals surface area contributed by atoms with Crippen molar-refractivity contribution in [3.8, 4) is 0 Å². The molecule has 3 aliphatic rings. The lowest BCUT2D eigenvalue weighted by Crippen LogP contribution is -2.51. The van der Waals surface area contributed by atoms with Gasteiger partial charge in [0.05, 0.1) is 17.5 Å². The molecule has 2 aromatic rings. The van der Waals surface area contributed by atoms with Crippen molar-refractivity contribution in [1.82, 2.24) is 24.3 Å². The molecule has 2 saturated heterocycles. The molecule has 1 aliphatic carbocycles. The van der Waals surface area contributed by atoms with Gasteiger partial charge in [-0.05, 0) is 57.7 Å². The van der Waals surface area contributed by atoms with E-state index in [4.69, 9.17) is 0 Å². The third kappa shape index (κ3) is 3.78. The highest BCUT2D eigenvalue weighted by Gasteiger charge is 2.36. The number of aliphatic hydroxyl groups is 1. The van der Waals surface area contributed by atoms with Gasteiger partial charge in [-0.15, -0.1) is 0 Å². The maximum Gasteiger partial charge on any atom is 0.255 e. The number of fused-ring (bicyclic) bond motifs is 1. The van der Waals surface area contributed by atoms with Gasteiger partial charge >= 0.3 is 0 Å². The van der Waals surface area contributed by atoms with Crippen molar-refractivity contribution in [1.29, 1.82) is 0 Å². The van der Waals surface area contributed by atoms with Gasteiger partial charge < -0.3 is 19.5 Å². The Hall–Kier alpha value is -1.99. The van der Waals surface area contributed by atoms with Crippen molar-refractivity contribution in [2.75, 3.05) is 32.7 Å². The number of piperidine rings is 1. The van der Waals surface area contributed by atoms with Crippen LogP contribution in [0.25, 0.3) is 11.2 Å². The van der Waals surface area contributed by atoms with Gasteiger partial charge in [-0.3, -0.25) is 4.79 Å². The standard InChI is InChI=1S/C22H31N5O2/c28-21(26-11-7-22(29,8-12-26)15-25-9-3-4-10-25)17-13-19-20(23-14-17)27(16-24-19)18-5-1-2-6-18/h13-14,16,18,29H,1-12,15H2. The molecule has 1 N–H and O–H groups in total. The number of rotatable bonds is 4. The van der Waals surface area contributed by atoms with Crippen LogP contribution in [0.5, 0.6) is 0 Å². The fraction of sp³-hybridized carbons (Fsp3) is 0.682. The van der Waals surface area contributed by atoms with Crippen LogP contribution >= 0.6 is 0 Å². The smallest absolute Gasteiger partial charge is 0.255 e. The van der Waals surface area contributed by atoms with E-state index in [1.165, 1.54) is 38.5 Å². The highest BCUT2D eigenvalue weighted by atomic mass is 16.3. The summed E-state index contributed by atoms with van der Waals surface area (Å²) < 4.78 is 2.18. The first-order chi connectivity index (χ1) is 14.1. The molecule has 3 fully saturated rings. The quantitative estimate of drug-likeness (QED) is 0.858. The number of amides is 1. The largest absolute Gasteiger partial charge is 0.388 e. The van der Waals surface area contributed by atoms with Crippen LogP contribution in [0.1, 0.15) is 67.8 Å². The minimum Gasteiger partial charge on any atom is -0.388 e. The van der Waals surface area contributed by atoms with Crippen molar-refractivity contribution in [2.24, 2.45) is 0 Å². The van der Waals surface area contributed by atoms with E-state index in [1.54, 1.807) is 6.20 Å². The highest BCUT2D eigenvalue weighted by Crippen LogP contribution is 2.32. The Bertz CT molecular complexity index is 874. The van der Waals surface area contributed by atoms with Gasteiger partial charge in [0.15, 0.2) is 5.65 Å². The van der Waals surface area contributed by atoms with Gasteiger partial charge in [-0.2, -0.15) is 0 Å². The Balaban J connectivity index is 1.25. The summed E-state index contributed by atoms with van der Waals surface area (Å²) in [5, 5.41) is 10.9. The van der Waals surface area contributed by atoms with Gasteiger partial charge in [0, 0.05) is 31.9 Å². The lowest BCUT2D eigenvalue weighted by atomic mass is 9.90. The summed E-state index contributed by atoms with van der Waals surface area (Å²) in [5.74, 6) is -0.00182. The summed E-state index contributed by atoms with van der Waals surface area (Å²) in [4.78, 5) is 26.3. The molecular weight excluding hydrogens is 366 g/mol. The number of likely N-dealkylation sites (tertiary alicyclic amines) is 2. The second-order valence-corrected chi connectivity index (χ2v) is 9.16. The van der Waals surface area contributed by atoms with Crippen LogP contribution in [0, 0.1) is 0 Å². The van der Waals surface area contributed by atoms with E-state index in [9.17, 15) is 9.90 Å². The van der Waals surface area contributed by atoms with Gasteiger partial charge in [-0.1, -0.05) is 12.8 Å². The molecule has 1 saturated carbocycles. The number of pyridine rings is 1. The molecule has 7 nitrogen and oxygen atoms in total. The molecule has 0 radical (unpaired) electrons. The predicted molar refractivity (Wildman–Crippen MR) is 111 cm³/mol. The lowest BCUT2D eigenvalue weighted by molar-refractivity contribution is -0.0367. The monoisotopic (exact) mass is 397 g/mol. The molecule has 4 heterocycles. The molecule has 2 aromatic heterocycles. The molecule has 7 heteroatoms. The molecule has 0 unspecified atom stereocenters. The zero-order valence-corrected chi connectivity index (χ0v) is 17.1. The summed E-state index contributed by atoms with van der Waals surface area (Å²) in [6.07, 6.45) is 12.2. The number of imidazole rings is 1. The Labute approximate surface area is 171 Å². The Morgan fingerprint density at radius 1 is 1.07 bits per heavy atom. The van der Waals surface area contributed by atoms with E-state index in [1.807, 2.05) is 17.3 Å². The summed E-state index contributed by atoms with van der Waals surface area (Å²) >= 11 is 0. The molecule has 5 rings (SSSR count). The van der Waals surface area contributed by atoms with Gasteiger partial charge in [0.25, 0.3) is 5.91 Å². The maximum absolute atomic E-state index is 13.0. The van der Waals surface area contributed by atoms with Crippen molar-refractivity contribution >= 4 is 17.1 Å². The molecule has 0 spiro atoms. The van der Waals surface area contributed by atoms with Crippen molar-refractivity contribution < 1.29 is 9.90 Å². The van der Waals surface area contributed by atoms with E-state index in [0.717, 1.165) is 30.8 Å². The summed E-state index contributed by atoms with van der Waals surface area (Å²) in [6.45, 7) is 4.10. The van der Waals surface area contributed by atoms with Crippen LogP contribution in [-0.4, -0.2) is 73.7 Å². The van der Waals surface area contributed by atoms with Crippen molar-refractivity contribution in [3.63, 3.8) is 0 Å². The molecule has 156 valence electrons. The average molecular weight is 398 g/mol. The first-order valence-electron chi connectivity index (χ1n) is 11.2. The van der Waals surface area contributed by atoms with Crippen molar-refractivity contribution in [2.45, 2.75) is 63.0 Å². The van der Waals surface area contributed by atoms with Gasteiger partial charge in [0.2, 0.25) is 0 Å². The fourth-order valence-electron chi connectivity index (χ4n) is 5.31. The van der Waals surface area contributed by atoms with Crippen LogP contribution in [-0.2, 0) is 0 Å². The number of carbonyl (C=O) groups excluding carboxylic acids is 1.